The molecule has 0 aliphatic rings. The standard InChI is InChI=1S/C26H31F4N3O4/c1-16(32-6-9-36-22-5-4-20(27)14-23(22)37-15-26(28,29)30)10-18-12-19-11-17(2)33(7-3-8-34)24(19)21(13-18)25(31)35/h4-5,11-14,16,32,34H,3,6-10,15H2,1-2H3,(H2,31,35). The highest BCUT2D eigenvalue weighted by atomic mass is 19.4. The molecule has 0 aliphatic heterocycles. The van der Waals surface area contributed by atoms with Crippen molar-refractivity contribution in [2.24, 2.45) is 5.73 Å². The van der Waals surface area contributed by atoms with E-state index in [9.17, 15) is 27.5 Å². The molecule has 0 saturated heterocycles. The summed E-state index contributed by atoms with van der Waals surface area (Å²) < 4.78 is 63.0. The number of nitrogens with zero attached hydrogens (tertiary/aromatic N) is 1. The van der Waals surface area contributed by atoms with Crippen LogP contribution in [0.1, 0.15) is 35.0 Å². The number of primary amides is 1. The second-order valence-corrected chi connectivity index (χ2v) is 8.86. The molecule has 0 spiro atoms. The Morgan fingerprint density at radius 2 is 1.92 bits per heavy atom. The number of benzene rings is 2. The predicted molar refractivity (Wildman–Crippen MR) is 132 cm³/mol. The van der Waals surface area contributed by atoms with Crippen LogP contribution in [0.25, 0.3) is 10.9 Å². The monoisotopic (exact) mass is 525 g/mol. The van der Waals surface area contributed by atoms with Gasteiger partial charge in [-0.05, 0) is 62.6 Å². The first-order valence-electron chi connectivity index (χ1n) is 11.9. The van der Waals surface area contributed by atoms with Crippen LogP contribution in [0.5, 0.6) is 11.5 Å². The van der Waals surface area contributed by atoms with Crippen molar-refractivity contribution in [3.05, 3.63) is 59.0 Å². The van der Waals surface area contributed by atoms with Crippen molar-refractivity contribution in [3.8, 4) is 11.5 Å². The predicted octanol–water partition coefficient (Wildman–Crippen LogP) is 4.11. The lowest BCUT2D eigenvalue weighted by atomic mass is 10.0. The van der Waals surface area contributed by atoms with E-state index in [1.165, 1.54) is 6.07 Å². The van der Waals surface area contributed by atoms with Crippen LogP contribution in [0.3, 0.4) is 0 Å². The van der Waals surface area contributed by atoms with Crippen molar-refractivity contribution in [1.29, 1.82) is 0 Å². The third-order valence-corrected chi connectivity index (χ3v) is 5.76. The fourth-order valence-electron chi connectivity index (χ4n) is 4.20. The SMILES string of the molecule is Cc1cc2cc(CC(C)NCCOc3ccc(F)cc3OCC(F)(F)F)cc(C(N)=O)c2n1CCCO. The van der Waals surface area contributed by atoms with E-state index in [2.05, 4.69) is 10.1 Å². The normalized spacial score (nSPS) is 12.6. The Kier molecular flexibility index (Phi) is 9.39. The second kappa shape index (κ2) is 12.3. The number of carbonyl (C=O) groups is 1. The van der Waals surface area contributed by atoms with Crippen molar-refractivity contribution >= 4 is 16.8 Å². The Hall–Kier alpha value is -3.31. The van der Waals surface area contributed by atoms with Gasteiger partial charge in [0, 0.05) is 42.9 Å². The number of hydrogen-bond acceptors (Lipinski definition) is 5. The van der Waals surface area contributed by atoms with E-state index < -0.39 is 24.5 Å². The van der Waals surface area contributed by atoms with Gasteiger partial charge in [-0.15, -0.1) is 0 Å². The zero-order valence-electron chi connectivity index (χ0n) is 20.7. The molecular weight excluding hydrogens is 494 g/mol. The number of nitrogens with two attached hydrogens (primary N) is 1. The van der Waals surface area contributed by atoms with Crippen LogP contribution in [0.2, 0.25) is 0 Å². The van der Waals surface area contributed by atoms with Gasteiger partial charge in [0.05, 0.1) is 11.1 Å². The maximum absolute atomic E-state index is 13.5. The van der Waals surface area contributed by atoms with Crippen molar-refractivity contribution in [2.45, 2.75) is 45.5 Å². The number of aryl methyl sites for hydroxylation is 2. The average molecular weight is 526 g/mol. The van der Waals surface area contributed by atoms with E-state index >= 15 is 0 Å². The molecule has 1 atom stereocenters. The molecule has 3 aromatic rings. The molecule has 7 nitrogen and oxygen atoms in total. The summed E-state index contributed by atoms with van der Waals surface area (Å²) in [6, 6.07) is 8.88. The number of carbonyl (C=O) groups excluding carboxylic acids is 1. The lowest BCUT2D eigenvalue weighted by molar-refractivity contribution is -0.153. The summed E-state index contributed by atoms with van der Waals surface area (Å²) >= 11 is 0. The van der Waals surface area contributed by atoms with Crippen LogP contribution in [0.4, 0.5) is 17.6 Å². The summed E-state index contributed by atoms with van der Waals surface area (Å²) in [5.74, 6) is -1.58. The number of fused-ring (bicyclic) bond motifs is 1. The van der Waals surface area contributed by atoms with Crippen LogP contribution >= 0.6 is 0 Å². The number of nitrogens with one attached hydrogen (secondary N) is 1. The molecule has 2 aromatic carbocycles. The van der Waals surface area contributed by atoms with Gasteiger partial charge in [0.25, 0.3) is 5.91 Å². The minimum Gasteiger partial charge on any atom is -0.488 e. The van der Waals surface area contributed by atoms with Gasteiger partial charge in [-0.2, -0.15) is 13.2 Å². The number of aromatic nitrogens is 1. The first-order valence-corrected chi connectivity index (χ1v) is 11.9. The van der Waals surface area contributed by atoms with Crippen LogP contribution in [0.15, 0.2) is 36.4 Å². The van der Waals surface area contributed by atoms with Gasteiger partial charge in [-0.1, -0.05) is 0 Å². The number of hydrogen-bond donors (Lipinski definition) is 3. The lowest BCUT2D eigenvalue weighted by Crippen LogP contribution is -2.32. The Bertz CT molecular complexity index is 1230. The van der Waals surface area contributed by atoms with Crippen LogP contribution in [-0.4, -0.2) is 54.2 Å². The van der Waals surface area contributed by atoms with Crippen LogP contribution in [-0.2, 0) is 13.0 Å². The number of aliphatic hydroxyl groups is 1. The molecule has 0 bridgehead atoms. The summed E-state index contributed by atoms with van der Waals surface area (Å²) in [5, 5.41) is 13.3. The minimum atomic E-state index is -4.56. The van der Waals surface area contributed by atoms with Crippen molar-refractivity contribution in [3.63, 3.8) is 0 Å². The first-order chi connectivity index (χ1) is 17.5. The van der Waals surface area contributed by atoms with Crippen LogP contribution < -0.4 is 20.5 Å². The maximum Gasteiger partial charge on any atom is 0.422 e. The van der Waals surface area contributed by atoms with E-state index in [0.29, 0.717) is 31.5 Å². The number of halogens is 4. The van der Waals surface area contributed by atoms with Gasteiger partial charge in [-0.3, -0.25) is 4.79 Å². The third kappa shape index (κ3) is 7.83. The van der Waals surface area contributed by atoms with E-state index in [1.54, 1.807) is 6.07 Å². The molecule has 1 heterocycles. The number of rotatable bonds is 13. The van der Waals surface area contributed by atoms with Gasteiger partial charge in [0.2, 0.25) is 0 Å². The fraction of sp³-hybridized carbons (Fsp3) is 0.423. The Labute approximate surface area is 212 Å². The molecule has 1 unspecified atom stereocenters. The van der Waals surface area contributed by atoms with Gasteiger partial charge in [-0.25, -0.2) is 4.39 Å². The molecule has 1 amide bonds. The largest absolute Gasteiger partial charge is 0.488 e. The van der Waals surface area contributed by atoms with Crippen LogP contribution in [0, 0.1) is 12.7 Å². The van der Waals surface area contributed by atoms with E-state index in [1.807, 2.05) is 30.5 Å². The zero-order chi connectivity index (χ0) is 27.2. The highest BCUT2D eigenvalue weighted by Gasteiger charge is 2.29. The van der Waals surface area contributed by atoms with Crippen molar-refractivity contribution < 1.29 is 36.9 Å². The number of aliphatic hydroxyl groups excluding tert-OH is 1. The zero-order valence-corrected chi connectivity index (χ0v) is 20.7. The topological polar surface area (TPSA) is 98.7 Å². The summed E-state index contributed by atoms with van der Waals surface area (Å²) in [5.41, 5.74) is 8.71. The Balaban J connectivity index is 1.61. The molecule has 4 N–H and O–H groups in total. The molecule has 0 aliphatic carbocycles. The van der Waals surface area contributed by atoms with Crippen molar-refractivity contribution in [2.75, 3.05) is 26.4 Å². The van der Waals surface area contributed by atoms with E-state index in [-0.39, 0.29) is 30.8 Å². The van der Waals surface area contributed by atoms with E-state index in [4.69, 9.17) is 10.5 Å². The van der Waals surface area contributed by atoms with Gasteiger partial charge < -0.3 is 30.2 Å². The summed E-state index contributed by atoms with van der Waals surface area (Å²) in [7, 11) is 0. The quantitative estimate of drug-likeness (QED) is 0.231. The lowest BCUT2D eigenvalue weighted by Gasteiger charge is -2.17. The molecule has 0 saturated carbocycles. The van der Waals surface area contributed by atoms with Gasteiger partial charge in [0.1, 0.15) is 12.4 Å². The summed E-state index contributed by atoms with van der Waals surface area (Å²) in [6.07, 6.45) is -3.42. The Morgan fingerprint density at radius 1 is 1.16 bits per heavy atom. The molecular formula is C26H31F4N3O4. The molecule has 11 heteroatoms. The average Bonchev–Trinajstić information content (AvgIpc) is 3.13. The molecule has 0 radical (unpaired) electrons. The maximum atomic E-state index is 13.5. The number of amides is 1. The highest BCUT2D eigenvalue weighted by molar-refractivity contribution is 6.05. The third-order valence-electron chi connectivity index (χ3n) is 5.76. The Morgan fingerprint density at radius 3 is 2.59 bits per heavy atom. The number of ether oxygens (including phenoxy) is 2. The highest BCUT2D eigenvalue weighted by Crippen LogP contribution is 2.30. The molecule has 0 fully saturated rings. The summed E-state index contributed by atoms with van der Waals surface area (Å²) in [6.45, 7) is 3.41. The molecule has 1 aromatic heterocycles. The molecule has 37 heavy (non-hydrogen) atoms. The second-order valence-electron chi connectivity index (χ2n) is 8.86. The fourth-order valence-corrected chi connectivity index (χ4v) is 4.20. The smallest absolute Gasteiger partial charge is 0.422 e. The molecule has 202 valence electrons. The summed E-state index contributed by atoms with van der Waals surface area (Å²) in [4.78, 5) is 12.2. The molecule has 3 rings (SSSR count). The van der Waals surface area contributed by atoms with Gasteiger partial charge in [0.15, 0.2) is 18.1 Å². The van der Waals surface area contributed by atoms with Crippen molar-refractivity contribution in [1.82, 2.24) is 9.88 Å². The van der Waals surface area contributed by atoms with Gasteiger partial charge >= 0.3 is 6.18 Å². The van der Waals surface area contributed by atoms with E-state index in [0.717, 1.165) is 34.3 Å². The minimum absolute atomic E-state index is 0.0118. The number of alkyl halides is 3. The first kappa shape index (κ1) is 28.3.